The van der Waals surface area contributed by atoms with Crippen LogP contribution in [0.15, 0.2) is 11.4 Å². The number of hydrogen-bond donors (Lipinski definition) is 2. The van der Waals surface area contributed by atoms with E-state index in [9.17, 15) is 13.2 Å². The molecule has 0 fully saturated rings. The van der Waals surface area contributed by atoms with E-state index in [1.165, 1.54) is 0 Å². The summed E-state index contributed by atoms with van der Waals surface area (Å²) in [5.74, 6) is 0. The van der Waals surface area contributed by atoms with Crippen LogP contribution in [0.4, 0.5) is 13.2 Å². The summed E-state index contributed by atoms with van der Waals surface area (Å²) >= 11 is 0. The van der Waals surface area contributed by atoms with Crippen LogP contribution in [-0.2, 0) is 11.4 Å². The zero-order valence-corrected chi connectivity index (χ0v) is 9.71. The van der Waals surface area contributed by atoms with Gasteiger partial charge in [0.2, 0.25) is 0 Å². The van der Waals surface area contributed by atoms with Crippen LogP contribution in [0.3, 0.4) is 0 Å². The van der Waals surface area contributed by atoms with E-state index >= 15 is 0 Å². The number of hydrogen-bond acceptors (Lipinski definition) is 4. The first-order valence-electron chi connectivity index (χ1n) is 5.46. The lowest BCUT2D eigenvalue weighted by Crippen LogP contribution is -2.29. The highest BCUT2D eigenvalue weighted by atomic mass is 19.4. The summed E-state index contributed by atoms with van der Waals surface area (Å²) in [5.41, 5.74) is 1.06. The predicted octanol–water partition coefficient (Wildman–Crippen LogP) is 1.51. The molecule has 0 spiro atoms. The molecule has 18 heavy (non-hydrogen) atoms. The van der Waals surface area contributed by atoms with Gasteiger partial charge in [0.05, 0.1) is 6.20 Å². The molecule has 1 aliphatic rings. The van der Waals surface area contributed by atoms with E-state index in [-0.39, 0.29) is 6.42 Å². The third-order valence-corrected chi connectivity index (χ3v) is 2.68. The minimum Gasteiger partial charge on any atom is -0.391 e. The molecule has 5 nitrogen and oxygen atoms in total. The van der Waals surface area contributed by atoms with Crippen LogP contribution in [0.1, 0.15) is 17.7 Å². The van der Waals surface area contributed by atoms with Crippen LogP contribution >= 0.6 is 0 Å². The highest BCUT2D eigenvalue weighted by Crippen LogP contribution is 2.25. The van der Waals surface area contributed by atoms with Gasteiger partial charge in [0.25, 0.3) is 0 Å². The van der Waals surface area contributed by atoms with Gasteiger partial charge in [-0.1, -0.05) is 5.16 Å². The van der Waals surface area contributed by atoms with Crippen molar-refractivity contribution < 1.29 is 18.0 Å². The van der Waals surface area contributed by atoms with Crippen LogP contribution in [0, 0.1) is 6.92 Å². The number of halogens is 3. The fourth-order valence-corrected chi connectivity index (χ4v) is 1.63. The average molecular weight is 262 g/mol. The second-order valence-corrected chi connectivity index (χ2v) is 4.12. The lowest BCUT2D eigenvalue weighted by molar-refractivity contribution is -0.0604. The molecule has 0 saturated carbocycles. The van der Waals surface area contributed by atoms with Crippen molar-refractivity contribution in [2.45, 2.75) is 32.2 Å². The number of aromatic nitrogens is 2. The van der Waals surface area contributed by atoms with Crippen molar-refractivity contribution >= 4 is 5.71 Å². The Hall–Kier alpha value is -1.57. The molecule has 0 aromatic carbocycles. The van der Waals surface area contributed by atoms with E-state index in [1.807, 2.05) is 6.92 Å². The topological polar surface area (TPSA) is 62.3 Å². The molecule has 1 aromatic heterocycles. The molecule has 2 N–H and O–H groups in total. The van der Waals surface area contributed by atoms with Gasteiger partial charge >= 0.3 is 6.18 Å². The molecule has 1 unspecified atom stereocenters. The Kier molecular flexibility index (Phi) is 3.55. The Morgan fingerprint density at radius 1 is 1.56 bits per heavy atom. The molecule has 2 heterocycles. The molecule has 8 heteroatoms. The number of nitrogens with zero attached hydrogens (tertiary/aromatic N) is 2. The van der Waals surface area contributed by atoms with Gasteiger partial charge in [-0.2, -0.15) is 18.3 Å². The molecule has 0 radical (unpaired) electrons. The standard InChI is InChI=1S/C10H13F3N4O/c1-6-7(4-15-16-6)3-14-5-8-2-9(17-18-8)10(11,12)13/h4,8,14H,2-3,5H2,1H3,(H,15,16). The Bertz CT molecular complexity index is 441. The highest BCUT2D eigenvalue weighted by molar-refractivity contribution is 5.90. The second kappa shape index (κ2) is 4.97. The van der Waals surface area contributed by atoms with Crippen LogP contribution in [0.2, 0.25) is 0 Å². The van der Waals surface area contributed by atoms with Crippen molar-refractivity contribution in [2.75, 3.05) is 6.54 Å². The summed E-state index contributed by atoms with van der Waals surface area (Å²) < 4.78 is 36.9. The number of alkyl halides is 3. The van der Waals surface area contributed by atoms with Crippen LogP contribution in [0.5, 0.6) is 0 Å². The molecule has 0 aliphatic carbocycles. The fraction of sp³-hybridized carbons (Fsp3) is 0.600. The Balaban J connectivity index is 1.73. The van der Waals surface area contributed by atoms with Crippen LogP contribution in [-0.4, -0.2) is 34.7 Å². The molecule has 0 bridgehead atoms. The second-order valence-electron chi connectivity index (χ2n) is 4.12. The lowest BCUT2D eigenvalue weighted by atomic mass is 10.1. The number of oxime groups is 1. The molecule has 2 rings (SSSR count). The summed E-state index contributed by atoms with van der Waals surface area (Å²) in [5, 5.41) is 12.7. The summed E-state index contributed by atoms with van der Waals surface area (Å²) in [4.78, 5) is 4.72. The van der Waals surface area contributed by atoms with Crippen molar-refractivity contribution in [1.82, 2.24) is 15.5 Å². The van der Waals surface area contributed by atoms with Gasteiger partial charge in [-0.15, -0.1) is 0 Å². The maximum atomic E-state index is 12.3. The smallest absolute Gasteiger partial charge is 0.391 e. The molecular formula is C10H13F3N4O. The van der Waals surface area contributed by atoms with Gasteiger partial charge < -0.3 is 10.2 Å². The van der Waals surface area contributed by atoms with Crippen molar-refractivity contribution in [1.29, 1.82) is 0 Å². The third kappa shape index (κ3) is 3.00. The summed E-state index contributed by atoms with van der Waals surface area (Å²) in [6.45, 7) is 2.72. The highest BCUT2D eigenvalue weighted by Gasteiger charge is 2.41. The van der Waals surface area contributed by atoms with Crippen LogP contribution in [0.25, 0.3) is 0 Å². The van der Waals surface area contributed by atoms with Gasteiger partial charge in [-0.3, -0.25) is 5.10 Å². The summed E-state index contributed by atoms with van der Waals surface area (Å²) in [6, 6.07) is 0. The first-order chi connectivity index (χ1) is 8.47. The molecule has 0 amide bonds. The number of aryl methyl sites for hydroxylation is 1. The van der Waals surface area contributed by atoms with E-state index in [0.29, 0.717) is 13.1 Å². The third-order valence-electron chi connectivity index (χ3n) is 2.68. The molecule has 1 aliphatic heterocycles. The first kappa shape index (κ1) is 12.9. The minimum atomic E-state index is -4.39. The molecule has 1 aromatic rings. The largest absolute Gasteiger partial charge is 0.432 e. The Labute approximate surface area is 101 Å². The van der Waals surface area contributed by atoms with E-state index < -0.39 is 18.0 Å². The van der Waals surface area contributed by atoms with Crippen molar-refractivity contribution in [3.8, 4) is 0 Å². The summed E-state index contributed by atoms with van der Waals surface area (Å²) in [7, 11) is 0. The van der Waals surface area contributed by atoms with Gasteiger partial charge in [-0.25, -0.2) is 0 Å². The lowest BCUT2D eigenvalue weighted by Gasteiger charge is -2.09. The molecule has 100 valence electrons. The SMILES string of the molecule is Cc1[nH]ncc1CNCC1CC(C(F)(F)F)=NO1. The molecule has 0 saturated heterocycles. The average Bonchev–Trinajstić information content (AvgIpc) is 2.88. The zero-order valence-electron chi connectivity index (χ0n) is 9.71. The Morgan fingerprint density at radius 3 is 2.89 bits per heavy atom. The van der Waals surface area contributed by atoms with Crippen molar-refractivity contribution in [3.05, 3.63) is 17.5 Å². The van der Waals surface area contributed by atoms with Crippen molar-refractivity contribution in [2.24, 2.45) is 5.16 Å². The Morgan fingerprint density at radius 2 is 2.33 bits per heavy atom. The molecule has 1 atom stereocenters. The normalized spacial score (nSPS) is 19.8. The van der Waals surface area contributed by atoms with E-state index in [1.54, 1.807) is 6.20 Å². The maximum Gasteiger partial charge on any atom is 0.432 e. The number of aromatic amines is 1. The zero-order chi connectivity index (χ0) is 13.2. The first-order valence-corrected chi connectivity index (χ1v) is 5.46. The number of H-pyrrole nitrogens is 1. The van der Waals surface area contributed by atoms with Gasteiger partial charge in [-0.05, 0) is 6.92 Å². The van der Waals surface area contributed by atoms with Crippen LogP contribution < -0.4 is 5.32 Å². The predicted molar refractivity (Wildman–Crippen MR) is 58.0 cm³/mol. The maximum absolute atomic E-state index is 12.3. The van der Waals surface area contributed by atoms with Crippen molar-refractivity contribution in [3.63, 3.8) is 0 Å². The monoisotopic (exact) mass is 262 g/mol. The number of rotatable bonds is 4. The summed E-state index contributed by atoms with van der Waals surface area (Å²) in [6.07, 6.45) is -3.49. The van der Waals surface area contributed by atoms with Gasteiger partial charge in [0.15, 0.2) is 5.71 Å². The fourth-order valence-electron chi connectivity index (χ4n) is 1.63. The minimum absolute atomic E-state index is 0.207. The van der Waals surface area contributed by atoms with Gasteiger partial charge in [0, 0.05) is 30.8 Å². The molecular weight excluding hydrogens is 249 g/mol. The van der Waals surface area contributed by atoms with E-state index in [2.05, 4.69) is 20.7 Å². The van der Waals surface area contributed by atoms with Gasteiger partial charge in [0.1, 0.15) is 6.10 Å². The number of nitrogens with one attached hydrogen (secondary N) is 2. The van der Waals surface area contributed by atoms with E-state index in [0.717, 1.165) is 11.3 Å². The quantitative estimate of drug-likeness (QED) is 0.864. The van der Waals surface area contributed by atoms with E-state index in [4.69, 9.17) is 4.84 Å².